The highest BCUT2D eigenvalue weighted by Gasteiger charge is 2.24. The summed E-state index contributed by atoms with van der Waals surface area (Å²) in [5.74, 6) is -1.17. The van der Waals surface area contributed by atoms with E-state index in [1.165, 1.54) is 12.1 Å². The van der Waals surface area contributed by atoms with Gasteiger partial charge in [-0.25, -0.2) is 8.78 Å². The summed E-state index contributed by atoms with van der Waals surface area (Å²) < 4.78 is 28.7. The van der Waals surface area contributed by atoms with Crippen molar-refractivity contribution < 1.29 is 13.9 Å². The number of aromatic nitrogens is 1. The van der Waals surface area contributed by atoms with Gasteiger partial charge in [0.25, 0.3) is 0 Å². The normalized spacial score (nSPS) is 18.4. The van der Waals surface area contributed by atoms with Crippen molar-refractivity contribution in [1.82, 2.24) is 4.57 Å². The molecule has 0 radical (unpaired) electrons. The van der Waals surface area contributed by atoms with Crippen LogP contribution in [0.25, 0.3) is 5.69 Å². The molecule has 1 heterocycles. The predicted octanol–water partition coefficient (Wildman–Crippen LogP) is 3.43. The maximum Gasteiger partial charge on any atom is 0.150 e. The van der Waals surface area contributed by atoms with Crippen molar-refractivity contribution in [1.29, 1.82) is 0 Å². The summed E-state index contributed by atoms with van der Waals surface area (Å²) in [6.45, 7) is 1.87. The summed E-state index contributed by atoms with van der Waals surface area (Å²) in [6.07, 6.45) is 1.94. The molecule has 2 nitrogen and oxygen atoms in total. The van der Waals surface area contributed by atoms with E-state index in [1.54, 1.807) is 4.57 Å². The predicted molar refractivity (Wildman–Crippen MR) is 68.3 cm³/mol. The topological polar surface area (TPSA) is 25.2 Å². The first-order valence-electron chi connectivity index (χ1n) is 6.42. The molecule has 0 saturated heterocycles. The first kappa shape index (κ1) is 12.4. The Morgan fingerprint density at radius 3 is 2.79 bits per heavy atom. The van der Waals surface area contributed by atoms with Gasteiger partial charge in [-0.15, -0.1) is 0 Å². The Morgan fingerprint density at radius 1 is 1.26 bits per heavy atom. The largest absolute Gasteiger partial charge is 0.388 e. The Kier molecular flexibility index (Phi) is 2.90. The fourth-order valence-electron chi connectivity index (χ4n) is 2.88. The van der Waals surface area contributed by atoms with Gasteiger partial charge in [-0.05, 0) is 44.4 Å². The van der Waals surface area contributed by atoms with Crippen molar-refractivity contribution in [2.24, 2.45) is 0 Å². The summed E-state index contributed by atoms with van der Waals surface area (Å²) in [5.41, 5.74) is 3.00. The number of benzene rings is 1. The molecule has 1 unspecified atom stereocenters. The first-order chi connectivity index (χ1) is 9.08. The molecule has 0 spiro atoms. The third-order valence-electron chi connectivity index (χ3n) is 3.72. The standard InChI is InChI=1S/C15H15F2NO/c1-9-7-11-13(3-2-4-15(11)19)18(9)14-6-5-10(16)8-12(14)17/h5-8,15,19H,2-4H2,1H3. The molecule has 1 aromatic heterocycles. The van der Waals surface area contributed by atoms with Crippen LogP contribution in [0.3, 0.4) is 0 Å². The molecule has 0 saturated carbocycles. The monoisotopic (exact) mass is 263 g/mol. The molecule has 2 aromatic rings. The van der Waals surface area contributed by atoms with E-state index in [0.29, 0.717) is 5.69 Å². The van der Waals surface area contributed by atoms with Crippen LogP contribution in [0.1, 0.15) is 35.9 Å². The van der Waals surface area contributed by atoms with Crippen LogP contribution < -0.4 is 0 Å². The Hall–Kier alpha value is -1.68. The molecule has 19 heavy (non-hydrogen) atoms. The molecule has 1 N–H and O–H groups in total. The third kappa shape index (κ3) is 1.96. The fourth-order valence-corrected chi connectivity index (χ4v) is 2.88. The average Bonchev–Trinajstić information content (AvgIpc) is 2.68. The van der Waals surface area contributed by atoms with Crippen LogP contribution >= 0.6 is 0 Å². The lowest BCUT2D eigenvalue weighted by Crippen LogP contribution is -2.12. The minimum atomic E-state index is -0.583. The summed E-state index contributed by atoms with van der Waals surface area (Å²) in [7, 11) is 0. The Morgan fingerprint density at radius 2 is 2.05 bits per heavy atom. The molecule has 1 aliphatic carbocycles. The van der Waals surface area contributed by atoms with E-state index >= 15 is 0 Å². The highest BCUT2D eigenvalue weighted by atomic mass is 19.1. The third-order valence-corrected chi connectivity index (χ3v) is 3.72. The van der Waals surface area contributed by atoms with Gasteiger partial charge in [0.1, 0.15) is 11.6 Å². The number of aliphatic hydroxyl groups is 1. The van der Waals surface area contributed by atoms with E-state index in [4.69, 9.17) is 0 Å². The van der Waals surface area contributed by atoms with Crippen LogP contribution in [0.5, 0.6) is 0 Å². The number of hydrogen-bond acceptors (Lipinski definition) is 1. The van der Waals surface area contributed by atoms with E-state index < -0.39 is 17.7 Å². The zero-order chi connectivity index (χ0) is 13.6. The molecule has 4 heteroatoms. The Labute approximate surface area is 110 Å². The van der Waals surface area contributed by atoms with E-state index in [0.717, 1.165) is 42.3 Å². The number of nitrogens with zero attached hydrogens (tertiary/aromatic N) is 1. The van der Waals surface area contributed by atoms with E-state index in [1.807, 2.05) is 13.0 Å². The SMILES string of the molecule is Cc1cc2c(n1-c1ccc(F)cc1F)CCCC2O. The van der Waals surface area contributed by atoms with Gasteiger partial charge in [0.2, 0.25) is 0 Å². The second-order valence-corrected chi connectivity index (χ2v) is 5.03. The van der Waals surface area contributed by atoms with Crippen molar-refractivity contribution in [2.75, 3.05) is 0 Å². The van der Waals surface area contributed by atoms with Crippen molar-refractivity contribution in [3.8, 4) is 5.69 Å². The van der Waals surface area contributed by atoms with Crippen LogP contribution in [0.2, 0.25) is 0 Å². The summed E-state index contributed by atoms with van der Waals surface area (Å²) in [6, 6.07) is 5.48. The molecule has 0 aliphatic heterocycles. The quantitative estimate of drug-likeness (QED) is 0.837. The zero-order valence-electron chi connectivity index (χ0n) is 10.7. The fraction of sp³-hybridized carbons (Fsp3) is 0.333. The van der Waals surface area contributed by atoms with Crippen LogP contribution in [-0.2, 0) is 6.42 Å². The second kappa shape index (κ2) is 4.46. The zero-order valence-corrected chi connectivity index (χ0v) is 10.7. The van der Waals surface area contributed by atoms with Gasteiger partial charge in [-0.1, -0.05) is 0 Å². The molecule has 0 amide bonds. The van der Waals surface area contributed by atoms with Gasteiger partial charge < -0.3 is 9.67 Å². The number of aliphatic hydroxyl groups excluding tert-OH is 1. The van der Waals surface area contributed by atoms with Gasteiger partial charge >= 0.3 is 0 Å². The summed E-state index contributed by atoms with van der Waals surface area (Å²) in [5, 5.41) is 9.99. The highest BCUT2D eigenvalue weighted by molar-refractivity contribution is 5.44. The molecular formula is C15H15F2NO. The molecule has 1 atom stereocenters. The maximum atomic E-state index is 13.9. The molecule has 1 aliphatic rings. The number of fused-ring (bicyclic) bond motifs is 1. The maximum absolute atomic E-state index is 13.9. The second-order valence-electron chi connectivity index (χ2n) is 5.03. The molecule has 100 valence electrons. The number of hydrogen-bond donors (Lipinski definition) is 1. The van der Waals surface area contributed by atoms with Crippen LogP contribution in [0.15, 0.2) is 24.3 Å². The van der Waals surface area contributed by atoms with E-state index in [9.17, 15) is 13.9 Å². The summed E-state index contributed by atoms with van der Waals surface area (Å²) >= 11 is 0. The van der Waals surface area contributed by atoms with Crippen molar-refractivity contribution in [2.45, 2.75) is 32.3 Å². The van der Waals surface area contributed by atoms with Crippen molar-refractivity contribution in [3.63, 3.8) is 0 Å². The average molecular weight is 263 g/mol. The highest BCUT2D eigenvalue weighted by Crippen LogP contribution is 2.34. The lowest BCUT2D eigenvalue weighted by molar-refractivity contribution is 0.156. The molecule has 3 rings (SSSR count). The van der Waals surface area contributed by atoms with Crippen LogP contribution in [0.4, 0.5) is 8.78 Å². The van der Waals surface area contributed by atoms with Crippen molar-refractivity contribution >= 4 is 0 Å². The Balaban J connectivity index is 2.20. The van der Waals surface area contributed by atoms with E-state index in [2.05, 4.69) is 0 Å². The lowest BCUT2D eigenvalue weighted by atomic mass is 9.95. The minimum Gasteiger partial charge on any atom is -0.388 e. The molecule has 0 bridgehead atoms. The van der Waals surface area contributed by atoms with Gasteiger partial charge in [-0.3, -0.25) is 0 Å². The minimum absolute atomic E-state index is 0.342. The van der Waals surface area contributed by atoms with E-state index in [-0.39, 0.29) is 0 Å². The number of rotatable bonds is 1. The number of aryl methyl sites for hydroxylation is 1. The van der Waals surface area contributed by atoms with Gasteiger partial charge in [0.05, 0.1) is 11.8 Å². The molecule has 1 aromatic carbocycles. The van der Waals surface area contributed by atoms with Crippen LogP contribution in [-0.4, -0.2) is 9.67 Å². The summed E-state index contributed by atoms with van der Waals surface area (Å²) in [4.78, 5) is 0. The van der Waals surface area contributed by atoms with Gasteiger partial charge in [0, 0.05) is 23.0 Å². The van der Waals surface area contributed by atoms with Crippen molar-refractivity contribution in [3.05, 3.63) is 52.9 Å². The van der Waals surface area contributed by atoms with Gasteiger partial charge in [0.15, 0.2) is 0 Å². The van der Waals surface area contributed by atoms with Gasteiger partial charge in [-0.2, -0.15) is 0 Å². The molecule has 0 fully saturated rings. The first-order valence-corrected chi connectivity index (χ1v) is 6.42. The smallest absolute Gasteiger partial charge is 0.150 e. The Bertz CT molecular complexity index is 633. The lowest BCUT2D eigenvalue weighted by Gasteiger charge is -2.20. The van der Waals surface area contributed by atoms with Crippen LogP contribution in [0, 0.1) is 18.6 Å². The number of halogens is 2. The molecular weight excluding hydrogens is 248 g/mol.